The Kier molecular flexibility index (Phi) is 6.83. The average Bonchev–Trinajstić information content (AvgIpc) is 2.80. The van der Waals surface area contributed by atoms with Crippen LogP contribution in [0, 0.1) is 18.8 Å². The highest BCUT2D eigenvalue weighted by atomic mass is 19.4. The Morgan fingerprint density at radius 2 is 1.78 bits per heavy atom. The molecule has 0 bridgehead atoms. The highest BCUT2D eigenvalue weighted by Gasteiger charge is 2.36. The van der Waals surface area contributed by atoms with Crippen molar-refractivity contribution in [3.63, 3.8) is 0 Å². The van der Waals surface area contributed by atoms with Gasteiger partial charge in [-0.15, -0.1) is 0 Å². The molecule has 1 saturated heterocycles. The van der Waals surface area contributed by atoms with Crippen LogP contribution in [0.1, 0.15) is 54.2 Å². The van der Waals surface area contributed by atoms with Crippen molar-refractivity contribution in [2.45, 2.75) is 46.1 Å². The van der Waals surface area contributed by atoms with E-state index in [0.29, 0.717) is 18.7 Å². The molecule has 3 atom stereocenters. The van der Waals surface area contributed by atoms with Gasteiger partial charge in [0.2, 0.25) is 0 Å². The van der Waals surface area contributed by atoms with Crippen molar-refractivity contribution >= 4 is 16.8 Å². The Morgan fingerprint density at radius 1 is 1.17 bits per heavy atom. The first-order valence-corrected chi connectivity index (χ1v) is 11.7. The second kappa shape index (κ2) is 9.57. The van der Waals surface area contributed by atoms with Crippen LogP contribution in [0.2, 0.25) is 0 Å². The molecule has 0 radical (unpaired) electrons. The molecular weight excluding hydrogens is 475 g/mol. The number of likely N-dealkylation sites (tertiary alicyclic amines) is 1. The maximum absolute atomic E-state index is 13.8. The minimum absolute atomic E-state index is 0.0371. The number of nitrogens with one attached hydrogen (secondary N) is 1. The van der Waals surface area contributed by atoms with Gasteiger partial charge in [-0.3, -0.25) is 9.59 Å². The molecule has 2 N–H and O–H groups in total. The van der Waals surface area contributed by atoms with Gasteiger partial charge in [-0.25, -0.2) is 4.98 Å². The lowest BCUT2D eigenvalue weighted by Crippen LogP contribution is -2.49. The quantitative estimate of drug-likeness (QED) is 0.548. The molecule has 2 heterocycles. The average molecular weight is 504 g/mol. The molecule has 36 heavy (non-hydrogen) atoms. The van der Waals surface area contributed by atoms with E-state index in [1.165, 1.54) is 32.0 Å². The summed E-state index contributed by atoms with van der Waals surface area (Å²) in [5, 5.41) is 10.2. The number of aromatic nitrogens is 2. The summed E-state index contributed by atoms with van der Waals surface area (Å²) in [6.07, 6.45) is -6.18. The van der Waals surface area contributed by atoms with Gasteiger partial charge in [0.05, 0.1) is 22.6 Å². The predicted molar refractivity (Wildman–Crippen MR) is 128 cm³/mol. The molecule has 1 fully saturated rings. The fourth-order valence-electron chi connectivity index (χ4n) is 4.74. The minimum Gasteiger partial charge on any atom is -0.486 e. The van der Waals surface area contributed by atoms with Crippen molar-refractivity contribution in [3.05, 3.63) is 69.3 Å². The Labute approximate surface area is 205 Å². The van der Waals surface area contributed by atoms with E-state index in [1.54, 1.807) is 17.0 Å². The molecule has 0 saturated carbocycles. The maximum atomic E-state index is 13.8. The summed E-state index contributed by atoms with van der Waals surface area (Å²) in [5.74, 6) is 0.224. The largest absolute Gasteiger partial charge is 0.486 e. The van der Waals surface area contributed by atoms with Gasteiger partial charge in [0.25, 0.3) is 11.5 Å². The second-order valence-electron chi connectivity index (χ2n) is 9.55. The number of alkyl halides is 3. The van der Waals surface area contributed by atoms with Crippen LogP contribution >= 0.6 is 0 Å². The van der Waals surface area contributed by atoms with E-state index in [4.69, 9.17) is 4.74 Å². The van der Waals surface area contributed by atoms with Crippen LogP contribution in [-0.4, -0.2) is 45.1 Å². The van der Waals surface area contributed by atoms with Crippen molar-refractivity contribution in [1.82, 2.24) is 14.9 Å². The molecule has 192 valence electrons. The second-order valence-corrected chi connectivity index (χ2v) is 9.55. The van der Waals surface area contributed by atoms with Crippen LogP contribution in [0.25, 0.3) is 10.9 Å². The van der Waals surface area contributed by atoms with E-state index < -0.39 is 29.5 Å². The lowest BCUT2D eigenvalue weighted by Gasteiger charge is -2.38. The molecule has 2 aromatic carbocycles. The monoisotopic (exact) mass is 503 g/mol. The number of carbonyl (C=O) groups is 1. The van der Waals surface area contributed by atoms with Crippen molar-refractivity contribution in [2.24, 2.45) is 11.8 Å². The zero-order chi connectivity index (χ0) is 26.4. The van der Waals surface area contributed by atoms with Gasteiger partial charge in [-0.2, -0.15) is 13.2 Å². The number of aliphatic hydroxyl groups excluding tert-OH is 1. The summed E-state index contributed by atoms with van der Waals surface area (Å²) in [6.45, 7) is 7.63. The van der Waals surface area contributed by atoms with Gasteiger partial charge in [-0.1, -0.05) is 13.8 Å². The van der Waals surface area contributed by atoms with Crippen molar-refractivity contribution in [1.29, 1.82) is 0 Å². The van der Waals surface area contributed by atoms with E-state index in [0.717, 1.165) is 6.07 Å². The number of amides is 1. The molecule has 1 aliphatic heterocycles. The van der Waals surface area contributed by atoms with Crippen LogP contribution < -0.4 is 10.3 Å². The van der Waals surface area contributed by atoms with E-state index in [-0.39, 0.29) is 45.8 Å². The predicted octanol–water partition coefficient (Wildman–Crippen LogP) is 4.48. The van der Waals surface area contributed by atoms with E-state index in [1.807, 2.05) is 13.8 Å². The van der Waals surface area contributed by atoms with Gasteiger partial charge in [0.1, 0.15) is 17.7 Å². The fourth-order valence-corrected chi connectivity index (χ4v) is 4.74. The number of rotatable bonds is 4. The molecule has 0 aliphatic carbocycles. The van der Waals surface area contributed by atoms with Gasteiger partial charge in [0, 0.05) is 24.2 Å². The molecule has 1 amide bonds. The molecule has 4 rings (SSSR count). The molecule has 1 aliphatic rings. The highest BCUT2D eigenvalue weighted by molar-refractivity contribution is 5.94. The number of nitrogens with zero attached hydrogens (tertiary/aromatic N) is 2. The summed E-state index contributed by atoms with van der Waals surface area (Å²) < 4.78 is 47.3. The first-order valence-electron chi connectivity index (χ1n) is 11.7. The van der Waals surface area contributed by atoms with Crippen LogP contribution in [0.4, 0.5) is 13.2 Å². The third-order valence-electron chi connectivity index (χ3n) is 6.62. The third-order valence-corrected chi connectivity index (χ3v) is 6.62. The van der Waals surface area contributed by atoms with E-state index >= 15 is 0 Å². The number of fused-ring (bicyclic) bond motifs is 1. The van der Waals surface area contributed by atoms with Crippen LogP contribution in [0.5, 0.6) is 5.75 Å². The zero-order valence-electron chi connectivity index (χ0n) is 20.4. The molecular formula is C26H28F3N3O4. The molecule has 7 nitrogen and oxygen atoms in total. The van der Waals surface area contributed by atoms with Crippen molar-refractivity contribution < 1.29 is 27.8 Å². The number of hydrogen-bond donors (Lipinski definition) is 2. The number of benzene rings is 2. The molecule has 10 heteroatoms. The summed E-state index contributed by atoms with van der Waals surface area (Å²) >= 11 is 0. The lowest BCUT2D eigenvalue weighted by molar-refractivity contribution is -0.138. The summed E-state index contributed by atoms with van der Waals surface area (Å²) in [7, 11) is 0. The highest BCUT2D eigenvalue weighted by Crippen LogP contribution is 2.37. The summed E-state index contributed by atoms with van der Waals surface area (Å²) in [6, 6.07) is 8.22. The van der Waals surface area contributed by atoms with Crippen molar-refractivity contribution in [2.75, 3.05) is 13.1 Å². The SMILES string of the molecule is Cc1nc2cc(C(F)(F)F)c(C(C)Oc3ccc(C(=O)N4CC(C)C(O)C(C)C4)cc3)cc2c(=O)[nH]1. The fraction of sp³-hybridized carbons (Fsp3) is 0.423. The number of carbonyl (C=O) groups excluding carboxylic acids is 1. The first-order chi connectivity index (χ1) is 16.8. The van der Waals surface area contributed by atoms with E-state index in [9.17, 15) is 27.9 Å². The topological polar surface area (TPSA) is 95.5 Å². The Morgan fingerprint density at radius 3 is 2.36 bits per heavy atom. The lowest BCUT2D eigenvalue weighted by atomic mass is 9.88. The molecule has 3 aromatic rings. The van der Waals surface area contributed by atoms with Crippen molar-refractivity contribution in [3.8, 4) is 5.75 Å². The Bertz CT molecular complexity index is 1330. The summed E-state index contributed by atoms with van der Waals surface area (Å²) in [5.41, 5.74) is -1.28. The number of hydrogen-bond acceptors (Lipinski definition) is 5. The number of aromatic amines is 1. The maximum Gasteiger partial charge on any atom is 0.416 e. The molecule has 3 unspecified atom stereocenters. The van der Waals surface area contributed by atoms with Crippen LogP contribution in [0.15, 0.2) is 41.2 Å². The standard InChI is InChI=1S/C26H28F3N3O4/c1-13-11-32(12-14(2)23(13)33)25(35)17-5-7-18(8-6-17)36-15(3)19-9-20-22(10-21(19)26(27,28)29)30-16(4)31-24(20)34/h5-10,13-15,23,33H,11-12H2,1-4H3,(H,30,31,34). The van der Waals surface area contributed by atoms with Gasteiger partial charge in [0.15, 0.2) is 0 Å². The normalized spacial score (nSPS) is 21.4. The number of aliphatic hydroxyl groups is 1. The number of halogens is 3. The van der Waals surface area contributed by atoms with Crippen LogP contribution in [-0.2, 0) is 6.18 Å². The number of H-pyrrole nitrogens is 1. The number of aryl methyl sites for hydroxylation is 1. The Hall–Kier alpha value is -3.40. The van der Waals surface area contributed by atoms with E-state index in [2.05, 4.69) is 9.97 Å². The molecule has 0 spiro atoms. The van der Waals surface area contributed by atoms with Crippen LogP contribution in [0.3, 0.4) is 0 Å². The third kappa shape index (κ3) is 5.09. The molecule has 1 aromatic heterocycles. The van der Waals surface area contributed by atoms with Gasteiger partial charge < -0.3 is 19.7 Å². The Balaban J connectivity index is 1.57. The number of ether oxygens (including phenoxy) is 1. The van der Waals surface area contributed by atoms with Gasteiger partial charge in [-0.05, 0) is 62.1 Å². The smallest absolute Gasteiger partial charge is 0.416 e. The number of piperidine rings is 1. The zero-order valence-corrected chi connectivity index (χ0v) is 20.4. The summed E-state index contributed by atoms with van der Waals surface area (Å²) in [4.78, 5) is 33.5. The first kappa shape index (κ1) is 25.7. The van der Waals surface area contributed by atoms with Gasteiger partial charge >= 0.3 is 6.18 Å². The minimum atomic E-state index is -4.67.